The summed E-state index contributed by atoms with van der Waals surface area (Å²) in [5, 5.41) is 0. The minimum absolute atomic E-state index is 0.291. The average Bonchev–Trinajstić information content (AvgIpc) is 2.35. The molecule has 0 aliphatic heterocycles. The molecule has 0 amide bonds. The van der Waals surface area contributed by atoms with Gasteiger partial charge in [-0.05, 0) is 6.07 Å². The first kappa shape index (κ1) is 16.7. The zero-order chi connectivity index (χ0) is 15.4. The Labute approximate surface area is 120 Å². The second-order valence-electron chi connectivity index (χ2n) is 5.04. The maximum absolute atomic E-state index is 10.7. The van der Waals surface area contributed by atoms with E-state index in [0.717, 1.165) is 5.69 Å². The van der Waals surface area contributed by atoms with Gasteiger partial charge in [-0.15, -0.1) is 0 Å². The van der Waals surface area contributed by atoms with Crippen LogP contribution in [0.5, 0.6) is 11.5 Å². The first-order chi connectivity index (χ1) is 9.21. The monoisotopic (exact) mass is 303 g/mol. The molecule has 114 valence electrons. The molecule has 1 aromatic carbocycles. The fourth-order valence-electron chi connectivity index (χ4n) is 2.10. The van der Waals surface area contributed by atoms with Crippen molar-refractivity contribution in [3.63, 3.8) is 0 Å². The van der Waals surface area contributed by atoms with Gasteiger partial charge in [0, 0.05) is 18.2 Å². The third kappa shape index (κ3) is 4.36. The van der Waals surface area contributed by atoms with Crippen molar-refractivity contribution in [1.29, 1.82) is 0 Å². The van der Waals surface area contributed by atoms with E-state index in [9.17, 15) is 13.0 Å². The van der Waals surface area contributed by atoms with Gasteiger partial charge in [0.2, 0.25) is 5.75 Å². The van der Waals surface area contributed by atoms with E-state index in [4.69, 9.17) is 9.47 Å². The van der Waals surface area contributed by atoms with Crippen molar-refractivity contribution in [2.75, 3.05) is 40.6 Å². The van der Waals surface area contributed by atoms with Crippen LogP contribution in [-0.2, 0) is 10.1 Å². The summed E-state index contributed by atoms with van der Waals surface area (Å²) >= 11 is 0. The van der Waals surface area contributed by atoms with Crippen molar-refractivity contribution >= 4 is 15.8 Å². The molecule has 0 aromatic heterocycles. The molecule has 0 radical (unpaired) electrons. The van der Waals surface area contributed by atoms with Crippen LogP contribution in [0.25, 0.3) is 0 Å². The molecule has 0 heterocycles. The topological polar surface area (TPSA) is 75.7 Å². The number of hydrogen-bond donors (Lipinski definition) is 0. The van der Waals surface area contributed by atoms with Gasteiger partial charge in [-0.2, -0.15) is 0 Å². The number of ether oxygens (including phenoxy) is 2. The van der Waals surface area contributed by atoms with Gasteiger partial charge in [0.25, 0.3) is 0 Å². The van der Waals surface area contributed by atoms with E-state index in [1.807, 2.05) is 26.2 Å². The molecule has 0 saturated carbocycles. The smallest absolute Gasteiger partial charge is 0.222 e. The van der Waals surface area contributed by atoms with Gasteiger partial charge in [-0.1, -0.05) is 6.07 Å². The van der Waals surface area contributed by atoms with Crippen molar-refractivity contribution in [3.05, 3.63) is 18.2 Å². The lowest BCUT2D eigenvalue weighted by atomic mass is 10.2. The lowest BCUT2D eigenvalue weighted by molar-refractivity contribution is 0.331. The van der Waals surface area contributed by atoms with Crippen LogP contribution < -0.4 is 14.0 Å². The summed E-state index contributed by atoms with van der Waals surface area (Å²) in [4.78, 5) is 0. The molecular formula is C13H21NO5S. The Morgan fingerprint density at radius 1 is 1.20 bits per heavy atom. The minimum Gasteiger partial charge on any atom is -0.748 e. The molecule has 0 unspecified atom stereocenters. The Morgan fingerprint density at radius 3 is 2.35 bits per heavy atom. The second-order valence-corrected chi connectivity index (χ2v) is 6.56. The van der Waals surface area contributed by atoms with Gasteiger partial charge >= 0.3 is 0 Å². The molecule has 7 heteroatoms. The molecule has 0 spiro atoms. The highest BCUT2D eigenvalue weighted by molar-refractivity contribution is 7.85. The predicted octanol–water partition coefficient (Wildman–Crippen LogP) is 1.21. The van der Waals surface area contributed by atoms with Crippen molar-refractivity contribution in [1.82, 2.24) is 4.48 Å². The standard InChI is InChI=1S/C13H21NO5S/c1-14(2,9-6-10-20(15,16)17)11-7-5-8-12(18-3)13(11)19-4/h5,7-8H,6,9-10H2,1-4H3. The fourth-order valence-corrected chi connectivity index (χ4v) is 2.59. The van der Waals surface area contributed by atoms with Gasteiger partial charge < -0.3 is 14.0 Å². The van der Waals surface area contributed by atoms with Crippen molar-refractivity contribution in [2.45, 2.75) is 6.42 Å². The molecule has 20 heavy (non-hydrogen) atoms. The van der Waals surface area contributed by atoms with Crippen LogP contribution in [0.4, 0.5) is 5.69 Å². The van der Waals surface area contributed by atoms with E-state index in [0.29, 0.717) is 28.9 Å². The number of rotatable bonds is 7. The second kappa shape index (κ2) is 6.43. The molecule has 1 aromatic rings. The Balaban J connectivity index is 2.97. The van der Waals surface area contributed by atoms with Gasteiger partial charge in [0.05, 0.1) is 45.0 Å². The number of para-hydroxylation sites is 1. The molecular weight excluding hydrogens is 282 g/mol. The summed E-state index contributed by atoms with van der Waals surface area (Å²) in [5.74, 6) is 0.874. The van der Waals surface area contributed by atoms with Crippen LogP contribution in [0.15, 0.2) is 18.2 Å². The molecule has 1 rings (SSSR count). The van der Waals surface area contributed by atoms with Crippen LogP contribution in [0.1, 0.15) is 6.42 Å². The number of nitrogens with zero attached hydrogens (tertiary/aromatic N) is 1. The molecule has 0 fully saturated rings. The van der Waals surface area contributed by atoms with Gasteiger partial charge in [0.15, 0.2) is 11.4 Å². The van der Waals surface area contributed by atoms with Crippen molar-refractivity contribution < 1.29 is 22.4 Å². The van der Waals surface area contributed by atoms with Crippen LogP contribution in [0.3, 0.4) is 0 Å². The molecule has 6 nitrogen and oxygen atoms in total. The van der Waals surface area contributed by atoms with E-state index in [1.165, 1.54) is 0 Å². The van der Waals surface area contributed by atoms with Crippen molar-refractivity contribution in [2.24, 2.45) is 0 Å². The summed E-state index contributed by atoms with van der Waals surface area (Å²) in [6.45, 7) is 0.505. The number of methoxy groups -OCH3 is 2. The largest absolute Gasteiger partial charge is 0.748 e. The lowest BCUT2D eigenvalue weighted by Crippen LogP contribution is -2.42. The highest BCUT2D eigenvalue weighted by Gasteiger charge is 2.26. The third-order valence-corrected chi connectivity index (χ3v) is 3.93. The van der Waals surface area contributed by atoms with Crippen LogP contribution >= 0.6 is 0 Å². The van der Waals surface area contributed by atoms with Crippen LogP contribution in [-0.4, -0.2) is 53.6 Å². The molecule has 0 bridgehead atoms. The summed E-state index contributed by atoms with van der Waals surface area (Å²) in [7, 11) is 2.80. The zero-order valence-electron chi connectivity index (χ0n) is 12.3. The van der Waals surface area contributed by atoms with Gasteiger partial charge in [-0.25, -0.2) is 8.42 Å². The maximum atomic E-state index is 10.7. The Morgan fingerprint density at radius 2 is 1.85 bits per heavy atom. The first-order valence-corrected chi connectivity index (χ1v) is 7.77. The van der Waals surface area contributed by atoms with E-state index in [1.54, 1.807) is 20.3 Å². The molecule has 0 aliphatic rings. The van der Waals surface area contributed by atoms with Crippen molar-refractivity contribution in [3.8, 4) is 11.5 Å². The summed E-state index contributed by atoms with van der Waals surface area (Å²) in [5.41, 5.74) is 0.871. The number of hydrogen-bond acceptors (Lipinski definition) is 5. The Hall–Kier alpha value is -1.31. The molecule has 0 atom stereocenters. The highest BCUT2D eigenvalue weighted by atomic mass is 32.2. The summed E-state index contributed by atoms with van der Waals surface area (Å²) < 4.78 is 43.0. The summed E-state index contributed by atoms with van der Waals surface area (Å²) in [6, 6.07) is 5.54. The normalized spacial score (nSPS) is 12.2. The van der Waals surface area contributed by atoms with E-state index in [-0.39, 0.29) is 5.75 Å². The van der Waals surface area contributed by atoms with Gasteiger partial charge in [0.1, 0.15) is 0 Å². The van der Waals surface area contributed by atoms with Crippen LogP contribution in [0, 0.1) is 0 Å². The van der Waals surface area contributed by atoms with E-state index in [2.05, 4.69) is 0 Å². The average molecular weight is 303 g/mol. The van der Waals surface area contributed by atoms with E-state index < -0.39 is 10.1 Å². The first-order valence-electron chi connectivity index (χ1n) is 6.19. The minimum atomic E-state index is -4.17. The Bertz CT molecular complexity index is 554. The number of quaternary nitrogens is 1. The van der Waals surface area contributed by atoms with Gasteiger partial charge in [-0.3, -0.25) is 4.48 Å². The van der Waals surface area contributed by atoms with Crippen LogP contribution in [0.2, 0.25) is 0 Å². The predicted molar refractivity (Wildman–Crippen MR) is 77.2 cm³/mol. The maximum Gasteiger partial charge on any atom is 0.222 e. The molecule has 0 N–H and O–H groups in total. The Kier molecular flexibility index (Phi) is 5.38. The SMILES string of the molecule is COc1cccc([N+](C)(C)CCCS(=O)(=O)[O-])c1OC. The number of benzene rings is 1. The quantitative estimate of drug-likeness (QED) is 0.559. The molecule has 0 saturated heterocycles. The fraction of sp³-hybridized carbons (Fsp3) is 0.538. The third-order valence-electron chi connectivity index (χ3n) is 3.15. The summed E-state index contributed by atoms with van der Waals surface area (Å²) in [6.07, 6.45) is 0.291. The lowest BCUT2D eigenvalue weighted by Gasteiger charge is -2.31. The highest BCUT2D eigenvalue weighted by Crippen LogP contribution is 2.39. The van der Waals surface area contributed by atoms with E-state index >= 15 is 0 Å². The zero-order valence-corrected chi connectivity index (χ0v) is 13.1. The molecule has 0 aliphatic carbocycles.